The summed E-state index contributed by atoms with van der Waals surface area (Å²) >= 11 is 0. The molecule has 1 amide bonds. The summed E-state index contributed by atoms with van der Waals surface area (Å²) in [6.45, 7) is 2.44. The van der Waals surface area contributed by atoms with Gasteiger partial charge in [0.1, 0.15) is 0 Å². The SMILES string of the molecule is Cc1ccc(S(=O)(=O)N2CCCC[C@@H]2CC(=O)NC2CCCCCC2)cc1. The van der Waals surface area contributed by atoms with Crippen LogP contribution in [0.4, 0.5) is 0 Å². The third kappa shape index (κ3) is 5.32. The first kappa shape index (κ1) is 20.3. The Labute approximate surface area is 163 Å². The van der Waals surface area contributed by atoms with E-state index in [-0.39, 0.29) is 24.4 Å². The zero-order valence-corrected chi connectivity index (χ0v) is 17.1. The highest BCUT2D eigenvalue weighted by Gasteiger charge is 2.34. The van der Waals surface area contributed by atoms with E-state index in [1.165, 1.54) is 25.7 Å². The Morgan fingerprint density at radius 3 is 2.30 bits per heavy atom. The summed E-state index contributed by atoms with van der Waals surface area (Å²) in [7, 11) is -3.56. The summed E-state index contributed by atoms with van der Waals surface area (Å²) in [6.07, 6.45) is 9.77. The monoisotopic (exact) mass is 392 g/mol. The molecule has 1 saturated heterocycles. The zero-order valence-electron chi connectivity index (χ0n) is 16.3. The molecule has 5 nitrogen and oxygen atoms in total. The Morgan fingerprint density at radius 1 is 1.00 bits per heavy atom. The molecule has 2 aliphatic rings. The van der Waals surface area contributed by atoms with Crippen LogP contribution < -0.4 is 5.32 Å². The maximum absolute atomic E-state index is 13.1. The molecule has 3 rings (SSSR count). The third-order valence-corrected chi connectivity index (χ3v) is 7.81. The predicted molar refractivity (Wildman–Crippen MR) is 107 cm³/mol. The predicted octanol–water partition coefficient (Wildman–Crippen LogP) is 3.77. The van der Waals surface area contributed by atoms with E-state index in [2.05, 4.69) is 5.32 Å². The smallest absolute Gasteiger partial charge is 0.243 e. The molecule has 27 heavy (non-hydrogen) atoms. The Bertz CT molecular complexity index is 722. The fourth-order valence-corrected chi connectivity index (χ4v) is 5.96. The number of carbonyl (C=O) groups excluding carboxylic acids is 1. The number of amides is 1. The first-order valence-corrected chi connectivity index (χ1v) is 11.8. The van der Waals surface area contributed by atoms with Gasteiger partial charge in [-0.05, 0) is 44.7 Å². The van der Waals surface area contributed by atoms with Gasteiger partial charge in [-0.1, -0.05) is 49.8 Å². The molecule has 1 N–H and O–H groups in total. The van der Waals surface area contributed by atoms with Gasteiger partial charge in [0.15, 0.2) is 0 Å². The quantitative estimate of drug-likeness (QED) is 0.776. The lowest BCUT2D eigenvalue weighted by atomic mass is 10.0. The molecule has 6 heteroatoms. The van der Waals surface area contributed by atoms with E-state index in [0.717, 1.165) is 37.7 Å². The highest BCUT2D eigenvalue weighted by Crippen LogP contribution is 2.27. The van der Waals surface area contributed by atoms with Crippen LogP contribution >= 0.6 is 0 Å². The van der Waals surface area contributed by atoms with Gasteiger partial charge < -0.3 is 5.32 Å². The second-order valence-corrected chi connectivity index (χ2v) is 9.93. The fourth-order valence-electron chi connectivity index (χ4n) is 4.26. The largest absolute Gasteiger partial charge is 0.353 e. The molecule has 1 aromatic rings. The summed E-state index contributed by atoms with van der Waals surface area (Å²) in [5, 5.41) is 3.16. The minimum absolute atomic E-state index is 0.00194. The van der Waals surface area contributed by atoms with E-state index in [9.17, 15) is 13.2 Å². The van der Waals surface area contributed by atoms with Crippen LogP contribution in [0, 0.1) is 6.92 Å². The van der Waals surface area contributed by atoms with E-state index in [4.69, 9.17) is 0 Å². The Morgan fingerprint density at radius 2 is 1.63 bits per heavy atom. The topological polar surface area (TPSA) is 66.5 Å². The van der Waals surface area contributed by atoms with Crippen LogP contribution in [-0.4, -0.2) is 37.3 Å². The molecule has 1 aliphatic heterocycles. The molecule has 1 atom stereocenters. The number of nitrogens with zero attached hydrogens (tertiary/aromatic N) is 1. The number of piperidine rings is 1. The van der Waals surface area contributed by atoms with Gasteiger partial charge in [-0.25, -0.2) is 8.42 Å². The highest BCUT2D eigenvalue weighted by atomic mass is 32.2. The van der Waals surface area contributed by atoms with Crippen molar-refractivity contribution in [3.05, 3.63) is 29.8 Å². The van der Waals surface area contributed by atoms with Crippen molar-refractivity contribution in [2.45, 2.75) is 88.1 Å². The van der Waals surface area contributed by atoms with Crippen LogP contribution in [0.25, 0.3) is 0 Å². The van der Waals surface area contributed by atoms with Crippen molar-refractivity contribution in [2.24, 2.45) is 0 Å². The van der Waals surface area contributed by atoms with Crippen molar-refractivity contribution in [1.29, 1.82) is 0 Å². The number of benzene rings is 1. The van der Waals surface area contributed by atoms with Crippen molar-refractivity contribution in [3.8, 4) is 0 Å². The molecule has 0 spiro atoms. The van der Waals surface area contributed by atoms with Crippen LogP contribution in [0.2, 0.25) is 0 Å². The Balaban J connectivity index is 1.67. The minimum atomic E-state index is -3.56. The standard InChI is InChI=1S/C21H32N2O3S/c1-17-11-13-20(14-12-17)27(25,26)23-15-7-6-10-19(23)16-21(24)22-18-8-4-2-3-5-9-18/h11-14,18-19H,2-10,15-16H2,1H3,(H,22,24)/t19-/m1/s1. The lowest BCUT2D eigenvalue weighted by Gasteiger charge is -2.34. The summed E-state index contributed by atoms with van der Waals surface area (Å²) in [4.78, 5) is 12.9. The van der Waals surface area contributed by atoms with Crippen LogP contribution in [-0.2, 0) is 14.8 Å². The fraction of sp³-hybridized carbons (Fsp3) is 0.667. The van der Waals surface area contributed by atoms with Crippen LogP contribution in [0.15, 0.2) is 29.2 Å². The summed E-state index contributed by atoms with van der Waals surface area (Å²) in [5.74, 6) is -0.00194. The second-order valence-electron chi connectivity index (χ2n) is 8.04. The van der Waals surface area contributed by atoms with E-state index in [0.29, 0.717) is 11.4 Å². The number of sulfonamides is 1. The van der Waals surface area contributed by atoms with Crippen LogP contribution in [0.1, 0.15) is 69.8 Å². The average molecular weight is 393 g/mol. The summed E-state index contributed by atoms with van der Waals surface area (Å²) in [6, 6.07) is 7.00. The Hall–Kier alpha value is -1.40. The van der Waals surface area contributed by atoms with Crippen molar-refractivity contribution >= 4 is 15.9 Å². The van der Waals surface area contributed by atoms with E-state index in [1.807, 2.05) is 19.1 Å². The van der Waals surface area contributed by atoms with Crippen molar-refractivity contribution < 1.29 is 13.2 Å². The zero-order chi connectivity index (χ0) is 19.3. The molecular formula is C21H32N2O3S. The normalized spacial score (nSPS) is 22.9. The maximum Gasteiger partial charge on any atom is 0.243 e. The molecule has 1 saturated carbocycles. The van der Waals surface area contributed by atoms with Crippen molar-refractivity contribution in [3.63, 3.8) is 0 Å². The van der Waals surface area contributed by atoms with Crippen LogP contribution in [0.5, 0.6) is 0 Å². The molecule has 2 fully saturated rings. The van der Waals surface area contributed by atoms with Crippen molar-refractivity contribution in [1.82, 2.24) is 9.62 Å². The molecule has 0 aromatic heterocycles. The number of hydrogen-bond acceptors (Lipinski definition) is 3. The van der Waals surface area contributed by atoms with Gasteiger partial charge in [0, 0.05) is 25.0 Å². The molecule has 150 valence electrons. The van der Waals surface area contributed by atoms with Crippen LogP contribution in [0.3, 0.4) is 0 Å². The van der Waals surface area contributed by atoms with Gasteiger partial charge >= 0.3 is 0 Å². The number of carbonyl (C=O) groups is 1. The third-order valence-electron chi connectivity index (χ3n) is 5.84. The molecule has 0 bridgehead atoms. The Kier molecular flexibility index (Phi) is 6.93. The van der Waals surface area contributed by atoms with Crippen molar-refractivity contribution in [2.75, 3.05) is 6.54 Å². The first-order chi connectivity index (χ1) is 13.0. The maximum atomic E-state index is 13.1. The molecule has 1 heterocycles. The molecule has 1 aliphatic carbocycles. The van der Waals surface area contributed by atoms with Gasteiger partial charge in [-0.3, -0.25) is 4.79 Å². The van der Waals surface area contributed by atoms with E-state index in [1.54, 1.807) is 16.4 Å². The minimum Gasteiger partial charge on any atom is -0.353 e. The number of nitrogens with one attached hydrogen (secondary N) is 1. The van der Waals surface area contributed by atoms with Gasteiger partial charge in [0.25, 0.3) is 0 Å². The summed E-state index contributed by atoms with van der Waals surface area (Å²) in [5.41, 5.74) is 1.03. The second kappa shape index (κ2) is 9.20. The van der Waals surface area contributed by atoms with Gasteiger partial charge in [-0.15, -0.1) is 0 Å². The molecular weight excluding hydrogens is 360 g/mol. The van der Waals surface area contributed by atoms with Gasteiger partial charge in [0.2, 0.25) is 15.9 Å². The number of rotatable bonds is 5. The average Bonchev–Trinajstić information content (AvgIpc) is 2.91. The lowest BCUT2D eigenvalue weighted by Crippen LogP contribution is -2.47. The van der Waals surface area contributed by atoms with E-state index < -0.39 is 10.0 Å². The molecule has 0 unspecified atom stereocenters. The lowest BCUT2D eigenvalue weighted by molar-refractivity contribution is -0.122. The molecule has 1 aromatic carbocycles. The highest BCUT2D eigenvalue weighted by molar-refractivity contribution is 7.89. The van der Waals surface area contributed by atoms with Gasteiger partial charge in [0.05, 0.1) is 4.90 Å². The number of hydrogen-bond donors (Lipinski definition) is 1. The molecule has 0 radical (unpaired) electrons. The summed E-state index contributed by atoms with van der Waals surface area (Å²) < 4.78 is 27.8. The van der Waals surface area contributed by atoms with E-state index >= 15 is 0 Å². The van der Waals surface area contributed by atoms with Gasteiger partial charge in [-0.2, -0.15) is 4.31 Å². The first-order valence-electron chi connectivity index (χ1n) is 10.3. The number of aryl methyl sites for hydroxylation is 1.